The summed E-state index contributed by atoms with van der Waals surface area (Å²) in [6.07, 6.45) is 3.95. The Kier molecular flexibility index (Phi) is 15.8. The summed E-state index contributed by atoms with van der Waals surface area (Å²) in [7, 11) is 3.05. The summed E-state index contributed by atoms with van der Waals surface area (Å²) in [5, 5.41) is 23.7. The number of esters is 1. The van der Waals surface area contributed by atoms with Crippen LogP contribution in [0.2, 0.25) is 0 Å². The monoisotopic (exact) mass is 698 g/mol. The van der Waals surface area contributed by atoms with Crippen LogP contribution in [0, 0.1) is 27.4 Å². The number of para-hydroxylation sites is 2. The molecule has 2 aromatic carbocycles. The lowest BCUT2D eigenvalue weighted by atomic mass is 9.67. The van der Waals surface area contributed by atoms with E-state index < -0.39 is 34.7 Å². The van der Waals surface area contributed by atoms with Crippen LogP contribution in [0.1, 0.15) is 104 Å². The van der Waals surface area contributed by atoms with Gasteiger partial charge in [-0.15, -0.1) is 0 Å². The largest absolute Gasteiger partial charge is 0.490 e. The van der Waals surface area contributed by atoms with Crippen LogP contribution < -0.4 is 28.4 Å². The molecule has 0 radical (unpaired) electrons. The zero-order chi connectivity index (χ0) is 36.7. The number of unbranched alkanes of at least 4 members (excludes halogenated alkanes) is 4. The molecule has 0 bridgehead atoms. The van der Waals surface area contributed by atoms with E-state index in [9.17, 15) is 20.2 Å². The third-order valence-electron chi connectivity index (χ3n) is 9.34. The zero-order valence-electron chi connectivity index (χ0n) is 30.7. The molecule has 12 heteroatoms. The second-order valence-corrected chi connectivity index (χ2v) is 12.7. The number of fused-ring (bicyclic) bond motifs is 1. The van der Waals surface area contributed by atoms with Crippen LogP contribution in [-0.4, -0.2) is 56.8 Å². The van der Waals surface area contributed by atoms with Crippen molar-refractivity contribution in [2.24, 2.45) is 5.92 Å². The lowest BCUT2D eigenvalue weighted by Gasteiger charge is -2.36. The number of methoxy groups -OCH3 is 2. The molecule has 50 heavy (non-hydrogen) atoms. The molecule has 0 fully saturated rings. The first-order valence-corrected chi connectivity index (χ1v) is 17.8. The van der Waals surface area contributed by atoms with E-state index in [0.29, 0.717) is 59.7 Å². The van der Waals surface area contributed by atoms with Crippen molar-refractivity contribution in [3.8, 4) is 40.6 Å². The molecule has 276 valence electrons. The second-order valence-electron chi connectivity index (χ2n) is 12.7. The molecule has 2 aromatic rings. The summed E-state index contributed by atoms with van der Waals surface area (Å²) in [4.78, 5) is 24.5. The number of nitrogens with zero attached hydrogens (tertiary/aromatic N) is 2. The predicted molar refractivity (Wildman–Crippen MR) is 188 cm³/mol. The zero-order valence-corrected chi connectivity index (χ0v) is 30.7. The van der Waals surface area contributed by atoms with E-state index in [1.54, 1.807) is 30.3 Å². The van der Waals surface area contributed by atoms with E-state index in [2.05, 4.69) is 19.9 Å². The van der Waals surface area contributed by atoms with Crippen LogP contribution in [0.3, 0.4) is 0 Å². The molecular weight excluding hydrogens is 644 g/mol. The van der Waals surface area contributed by atoms with Crippen molar-refractivity contribution in [2.75, 3.05) is 27.4 Å². The molecule has 1 aliphatic rings. The van der Waals surface area contributed by atoms with Crippen LogP contribution in [0.15, 0.2) is 30.3 Å². The van der Waals surface area contributed by atoms with Gasteiger partial charge in [0.1, 0.15) is 0 Å². The lowest BCUT2D eigenvalue weighted by Crippen LogP contribution is -2.43. The number of hydrogen-bond donors (Lipinski definition) is 0. The number of ether oxygens (including phenoxy) is 7. The van der Waals surface area contributed by atoms with Crippen molar-refractivity contribution < 1.29 is 42.9 Å². The van der Waals surface area contributed by atoms with Crippen LogP contribution in [0.4, 0.5) is 0 Å². The fraction of sp³-hybridized carbons (Fsp3) is 0.632. The number of carbonyl (C=O) groups is 1. The molecule has 0 saturated carbocycles. The van der Waals surface area contributed by atoms with Crippen molar-refractivity contribution in [2.45, 2.75) is 123 Å². The Morgan fingerprint density at radius 3 is 2.08 bits per heavy atom. The first-order chi connectivity index (χ1) is 24.1. The van der Waals surface area contributed by atoms with Crippen LogP contribution in [-0.2, 0) is 14.9 Å². The van der Waals surface area contributed by atoms with Gasteiger partial charge in [-0.05, 0) is 49.8 Å². The van der Waals surface area contributed by atoms with Crippen molar-refractivity contribution in [3.63, 3.8) is 0 Å². The highest BCUT2D eigenvalue weighted by atomic mass is 16.7. The maximum atomic E-state index is 12.6. The van der Waals surface area contributed by atoms with Crippen LogP contribution in [0.25, 0.3) is 0 Å². The number of nitro groups is 1. The van der Waals surface area contributed by atoms with Crippen molar-refractivity contribution in [1.82, 2.24) is 0 Å². The van der Waals surface area contributed by atoms with Gasteiger partial charge in [-0.1, -0.05) is 71.9 Å². The lowest BCUT2D eigenvalue weighted by molar-refractivity contribution is -0.537. The first kappa shape index (κ1) is 40.0. The molecule has 0 aromatic heterocycles. The highest BCUT2D eigenvalue weighted by Crippen LogP contribution is 2.53. The maximum Gasteiger partial charge on any atom is 0.303 e. The minimum atomic E-state index is -1.38. The summed E-state index contributed by atoms with van der Waals surface area (Å²) in [5.74, 6) is 1.48. The molecule has 0 amide bonds. The number of hydrogen-bond acceptors (Lipinski definition) is 11. The molecule has 0 saturated heterocycles. The van der Waals surface area contributed by atoms with Gasteiger partial charge in [0.15, 0.2) is 29.1 Å². The van der Waals surface area contributed by atoms with Crippen molar-refractivity contribution in [3.05, 3.63) is 46.0 Å². The van der Waals surface area contributed by atoms with Gasteiger partial charge in [-0.2, -0.15) is 5.26 Å². The average molecular weight is 699 g/mol. The average Bonchev–Trinajstić information content (AvgIpc) is 3.53. The van der Waals surface area contributed by atoms with E-state index in [1.165, 1.54) is 21.1 Å². The summed E-state index contributed by atoms with van der Waals surface area (Å²) in [6, 6.07) is 10.0. The molecule has 0 spiro atoms. The molecule has 1 heterocycles. The van der Waals surface area contributed by atoms with E-state index in [0.717, 1.165) is 38.5 Å². The Morgan fingerprint density at radius 1 is 0.980 bits per heavy atom. The molecular formula is C38H54N2O10. The Bertz CT molecular complexity index is 1420. The topological polar surface area (TPSA) is 149 Å². The SMILES string of the molecule is CCCCCOc1cc(C(C#N)(CCC(OC(C)=O)C(CC2Oc3ccccc3O2)[N+](=O)[O-])C(C)CC)c(OCCCCC)c(OC)c1OC. The molecule has 0 N–H and O–H groups in total. The summed E-state index contributed by atoms with van der Waals surface area (Å²) >= 11 is 0. The van der Waals surface area contributed by atoms with E-state index >= 15 is 0 Å². The highest BCUT2D eigenvalue weighted by molar-refractivity contribution is 5.67. The summed E-state index contributed by atoms with van der Waals surface area (Å²) in [6.45, 7) is 10.2. The Morgan fingerprint density at radius 2 is 1.58 bits per heavy atom. The number of benzene rings is 2. The van der Waals surface area contributed by atoms with Gasteiger partial charge in [0.05, 0.1) is 45.3 Å². The van der Waals surface area contributed by atoms with Crippen LogP contribution >= 0.6 is 0 Å². The minimum absolute atomic E-state index is 0.000888. The molecule has 4 atom stereocenters. The normalized spacial score (nSPS) is 15.2. The molecule has 4 unspecified atom stereocenters. The Balaban J connectivity index is 2.10. The van der Waals surface area contributed by atoms with E-state index in [-0.39, 0.29) is 25.2 Å². The van der Waals surface area contributed by atoms with Crippen LogP contribution in [0.5, 0.6) is 34.5 Å². The van der Waals surface area contributed by atoms with Crippen molar-refractivity contribution >= 4 is 5.97 Å². The van der Waals surface area contributed by atoms with Gasteiger partial charge in [-0.25, -0.2) is 0 Å². The van der Waals surface area contributed by atoms with Crippen molar-refractivity contribution in [1.29, 1.82) is 5.26 Å². The van der Waals surface area contributed by atoms with Gasteiger partial charge in [0.2, 0.25) is 17.8 Å². The quantitative estimate of drug-likeness (QED) is 0.0478. The predicted octanol–water partition coefficient (Wildman–Crippen LogP) is 8.19. The fourth-order valence-electron chi connectivity index (χ4n) is 6.37. The Labute approximate surface area is 296 Å². The smallest absolute Gasteiger partial charge is 0.303 e. The summed E-state index contributed by atoms with van der Waals surface area (Å²) < 4.78 is 41.7. The molecule has 12 nitrogen and oxygen atoms in total. The maximum absolute atomic E-state index is 12.6. The molecule has 1 aliphatic heterocycles. The highest BCUT2D eigenvalue weighted by Gasteiger charge is 2.46. The van der Waals surface area contributed by atoms with E-state index in [1.807, 2.05) is 13.8 Å². The number of carbonyl (C=O) groups excluding carboxylic acids is 1. The third kappa shape index (κ3) is 9.86. The van der Waals surface area contributed by atoms with Gasteiger partial charge in [0.25, 0.3) is 6.04 Å². The van der Waals surface area contributed by atoms with Gasteiger partial charge in [0, 0.05) is 17.4 Å². The van der Waals surface area contributed by atoms with Gasteiger partial charge < -0.3 is 33.2 Å². The van der Waals surface area contributed by atoms with Gasteiger partial charge in [-0.3, -0.25) is 14.9 Å². The molecule has 3 rings (SSSR count). The summed E-state index contributed by atoms with van der Waals surface area (Å²) in [5.41, 5.74) is -0.724. The fourth-order valence-corrected chi connectivity index (χ4v) is 6.37. The second kappa shape index (κ2) is 19.7. The molecule has 0 aliphatic carbocycles. The number of rotatable bonds is 23. The number of nitriles is 1. The Hall–Kier alpha value is -4.40. The minimum Gasteiger partial charge on any atom is -0.490 e. The third-order valence-corrected chi connectivity index (χ3v) is 9.34. The van der Waals surface area contributed by atoms with Gasteiger partial charge >= 0.3 is 5.97 Å². The standard InChI is InChI=1S/C38H54N2O10/c1-8-11-15-21-46-33-23-28(35(47-22-16-12-9-2)37(45-7)36(33)44-6)38(25-39,26(4)10-3)20-19-30(48-27(5)41)29(40(42)43)24-34-49-31-17-13-14-18-32(31)50-34/h13-14,17-18,23,26,29-30,34H,8-12,15-16,19-22,24H2,1-7H3. The van der Waals surface area contributed by atoms with E-state index in [4.69, 9.17) is 33.2 Å². The first-order valence-electron chi connectivity index (χ1n) is 17.8.